The first-order chi connectivity index (χ1) is 16.0. The van der Waals surface area contributed by atoms with E-state index in [0.29, 0.717) is 16.8 Å². The van der Waals surface area contributed by atoms with Gasteiger partial charge in [0.05, 0.1) is 23.9 Å². The van der Waals surface area contributed by atoms with Gasteiger partial charge in [-0.25, -0.2) is 0 Å². The van der Waals surface area contributed by atoms with Gasteiger partial charge in [-0.15, -0.1) is 0 Å². The van der Waals surface area contributed by atoms with Crippen molar-refractivity contribution in [3.8, 4) is 5.75 Å². The average Bonchev–Trinajstić information content (AvgIpc) is 3.09. The van der Waals surface area contributed by atoms with Gasteiger partial charge in [0.1, 0.15) is 11.5 Å². The van der Waals surface area contributed by atoms with E-state index in [9.17, 15) is 19.8 Å². The molecule has 33 heavy (non-hydrogen) atoms. The summed E-state index contributed by atoms with van der Waals surface area (Å²) in [5, 5.41) is 22.8. The molecule has 6 nitrogen and oxygen atoms in total. The van der Waals surface area contributed by atoms with Crippen molar-refractivity contribution in [2.45, 2.75) is 12.6 Å². The van der Waals surface area contributed by atoms with Crippen LogP contribution in [-0.4, -0.2) is 31.8 Å². The van der Waals surface area contributed by atoms with Crippen molar-refractivity contribution in [2.75, 3.05) is 0 Å². The summed E-state index contributed by atoms with van der Waals surface area (Å²) in [6.45, 7) is 0.100. The van der Waals surface area contributed by atoms with Crippen LogP contribution in [-0.2, 0) is 16.1 Å². The highest BCUT2D eigenvalue weighted by molar-refractivity contribution is 6.46. The number of rotatable bonds is 4. The number of hydrogen-bond acceptors (Lipinski definition) is 5. The maximum Gasteiger partial charge on any atom is 0.296 e. The number of fused-ring (bicyclic) bond motifs is 1. The average molecular weight is 436 g/mol. The number of aliphatic hydroxyl groups excluding tert-OH is 1. The highest BCUT2D eigenvalue weighted by atomic mass is 16.3. The lowest BCUT2D eigenvalue weighted by Crippen LogP contribution is -2.29. The summed E-state index contributed by atoms with van der Waals surface area (Å²) in [6.07, 6.45) is 1.62. The molecular weight excluding hydrogens is 416 g/mol. The summed E-state index contributed by atoms with van der Waals surface area (Å²) in [4.78, 5) is 32.1. The highest BCUT2D eigenvalue weighted by Crippen LogP contribution is 2.41. The molecular formula is C27H20N2O4. The Labute approximate surface area is 190 Å². The standard InChI is InChI=1S/C27H20N2O4/c30-20-13-11-18(12-14-20)24-23(25(31)22-10-5-7-17-6-1-2-9-21(17)22)26(32)27(33)29(24)16-19-8-3-4-15-28-19/h1-15,24,30-31H,16H2/b25-23-. The Kier molecular flexibility index (Phi) is 5.11. The Bertz CT molecular complexity index is 1390. The molecule has 2 N–H and O–H groups in total. The van der Waals surface area contributed by atoms with Crippen molar-refractivity contribution in [2.24, 2.45) is 0 Å². The van der Waals surface area contributed by atoms with Gasteiger partial charge in [0, 0.05) is 11.8 Å². The van der Waals surface area contributed by atoms with Crippen LogP contribution in [0.15, 0.2) is 96.7 Å². The normalized spacial score (nSPS) is 17.6. The van der Waals surface area contributed by atoms with Gasteiger partial charge in [-0.1, -0.05) is 60.7 Å². The maximum absolute atomic E-state index is 13.2. The van der Waals surface area contributed by atoms with E-state index in [1.807, 2.05) is 36.4 Å². The number of benzene rings is 3. The van der Waals surface area contributed by atoms with E-state index < -0.39 is 17.7 Å². The van der Waals surface area contributed by atoms with Crippen LogP contribution in [0.1, 0.15) is 22.9 Å². The molecule has 0 aliphatic carbocycles. The van der Waals surface area contributed by atoms with Gasteiger partial charge < -0.3 is 15.1 Å². The van der Waals surface area contributed by atoms with Gasteiger partial charge in [0.2, 0.25) is 0 Å². The molecule has 1 saturated heterocycles. The highest BCUT2D eigenvalue weighted by Gasteiger charge is 2.46. The van der Waals surface area contributed by atoms with E-state index in [2.05, 4.69) is 4.98 Å². The molecule has 0 radical (unpaired) electrons. The molecule has 3 aromatic carbocycles. The number of phenolic OH excluding ortho intramolecular Hbond substituents is 1. The predicted octanol–water partition coefficient (Wildman–Crippen LogP) is 4.56. The number of hydrogen-bond donors (Lipinski definition) is 2. The van der Waals surface area contributed by atoms with Gasteiger partial charge in [-0.2, -0.15) is 0 Å². The number of nitrogens with zero attached hydrogens (tertiary/aromatic N) is 2. The van der Waals surface area contributed by atoms with E-state index in [1.54, 1.807) is 42.6 Å². The van der Waals surface area contributed by atoms with Crippen molar-refractivity contribution in [3.05, 3.63) is 114 Å². The second-order valence-electron chi connectivity index (χ2n) is 7.87. The van der Waals surface area contributed by atoms with Crippen LogP contribution in [0.2, 0.25) is 0 Å². The summed E-state index contributed by atoms with van der Waals surface area (Å²) < 4.78 is 0. The van der Waals surface area contributed by atoms with Crippen molar-refractivity contribution >= 4 is 28.2 Å². The van der Waals surface area contributed by atoms with Gasteiger partial charge in [-0.05, 0) is 40.6 Å². The number of carbonyl (C=O) groups excluding carboxylic acids is 2. The number of aromatic nitrogens is 1. The van der Waals surface area contributed by atoms with Crippen LogP contribution in [0.4, 0.5) is 0 Å². The summed E-state index contributed by atoms with van der Waals surface area (Å²) in [5.41, 5.74) is 1.71. The lowest BCUT2D eigenvalue weighted by atomic mass is 9.93. The van der Waals surface area contributed by atoms with E-state index in [-0.39, 0.29) is 23.6 Å². The van der Waals surface area contributed by atoms with Gasteiger partial charge in [-0.3, -0.25) is 14.6 Å². The summed E-state index contributed by atoms with van der Waals surface area (Å²) in [6, 6.07) is 23.8. The first-order valence-electron chi connectivity index (χ1n) is 10.5. The fourth-order valence-corrected chi connectivity index (χ4v) is 4.29. The smallest absolute Gasteiger partial charge is 0.296 e. The maximum atomic E-state index is 13.2. The lowest BCUT2D eigenvalue weighted by molar-refractivity contribution is -0.140. The fourth-order valence-electron chi connectivity index (χ4n) is 4.29. The first kappa shape index (κ1) is 20.5. The quantitative estimate of drug-likeness (QED) is 0.278. The molecule has 6 heteroatoms. The number of aromatic hydroxyl groups is 1. The van der Waals surface area contributed by atoms with E-state index in [4.69, 9.17) is 0 Å². The van der Waals surface area contributed by atoms with Crippen molar-refractivity contribution < 1.29 is 19.8 Å². The van der Waals surface area contributed by atoms with Gasteiger partial charge in [0.25, 0.3) is 11.7 Å². The summed E-state index contributed by atoms with van der Waals surface area (Å²) >= 11 is 0. The van der Waals surface area contributed by atoms with Crippen LogP contribution >= 0.6 is 0 Å². The van der Waals surface area contributed by atoms with Crippen molar-refractivity contribution in [1.29, 1.82) is 0 Å². The Balaban J connectivity index is 1.71. The minimum absolute atomic E-state index is 0.0120. The zero-order valence-electron chi connectivity index (χ0n) is 17.6. The molecule has 1 fully saturated rings. The molecule has 162 valence electrons. The van der Waals surface area contributed by atoms with Crippen LogP contribution in [0.25, 0.3) is 16.5 Å². The predicted molar refractivity (Wildman–Crippen MR) is 124 cm³/mol. The monoisotopic (exact) mass is 436 g/mol. The molecule has 0 saturated carbocycles. The van der Waals surface area contributed by atoms with Crippen LogP contribution < -0.4 is 0 Å². The number of aliphatic hydroxyl groups is 1. The van der Waals surface area contributed by atoms with Gasteiger partial charge >= 0.3 is 0 Å². The molecule has 5 rings (SSSR count). The number of amides is 1. The largest absolute Gasteiger partial charge is 0.508 e. The fraction of sp³-hybridized carbons (Fsp3) is 0.0741. The molecule has 0 bridgehead atoms. The van der Waals surface area contributed by atoms with E-state index in [1.165, 1.54) is 17.0 Å². The van der Waals surface area contributed by atoms with Crippen LogP contribution in [0.5, 0.6) is 5.75 Å². The topological polar surface area (TPSA) is 90.7 Å². The van der Waals surface area contributed by atoms with E-state index >= 15 is 0 Å². The SMILES string of the molecule is O=C1C(=O)N(Cc2ccccn2)C(c2ccc(O)cc2)/C1=C(/O)c1cccc2ccccc12. The van der Waals surface area contributed by atoms with Gasteiger partial charge in [0.15, 0.2) is 0 Å². The Morgan fingerprint density at radius 1 is 0.879 bits per heavy atom. The molecule has 1 aliphatic heterocycles. The third-order valence-electron chi connectivity index (χ3n) is 5.85. The van der Waals surface area contributed by atoms with E-state index in [0.717, 1.165) is 10.8 Å². The summed E-state index contributed by atoms with van der Waals surface area (Å²) in [5.74, 6) is -1.63. The molecule has 1 aliphatic rings. The Hall–Kier alpha value is -4.45. The van der Waals surface area contributed by atoms with Crippen molar-refractivity contribution in [3.63, 3.8) is 0 Å². The molecule has 4 aromatic rings. The number of Topliss-reactive ketones (excluding diaryl/α,β-unsaturated/α-hetero) is 1. The minimum Gasteiger partial charge on any atom is -0.508 e. The zero-order valence-corrected chi connectivity index (χ0v) is 17.6. The summed E-state index contributed by atoms with van der Waals surface area (Å²) in [7, 11) is 0. The molecule has 2 heterocycles. The molecule has 1 atom stereocenters. The number of carbonyl (C=O) groups is 2. The Morgan fingerprint density at radius 2 is 1.61 bits per heavy atom. The number of likely N-dealkylation sites (tertiary alicyclic amines) is 1. The van der Waals surface area contributed by atoms with Crippen LogP contribution in [0, 0.1) is 0 Å². The molecule has 1 amide bonds. The molecule has 1 unspecified atom stereocenters. The minimum atomic E-state index is -0.827. The molecule has 1 aromatic heterocycles. The van der Waals surface area contributed by atoms with Crippen LogP contribution in [0.3, 0.4) is 0 Å². The number of phenols is 1. The number of ketones is 1. The molecule has 0 spiro atoms. The second kappa shape index (κ2) is 8.24. The van der Waals surface area contributed by atoms with Crippen molar-refractivity contribution in [1.82, 2.24) is 9.88 Å². The number of pyridine rings is 1. The second-order valence-corrected chi connectivity index (χ2v) is 7.87. The Morgan fingerprint density at radius 3 is 2.36 bits per heavy atom. The zero-order chi connectivity index (χ0) is 22.9. The third kappa shape index (κ3) is 3.61. The third-order valence-corrected chi connectivity index (χ3v) is 5.85. The first-order valence-corrected chi connectivity index (χ1v) is 10.5. The lowest BCUT2D eigenvalue weighted by Gasteiger charge is -2.25.